The molecule has 0 spiro atoms. The molecule has 3 aliphatic rings. The minimum Gasteiger partial charge on any atom is -0.396 e. The van der Waals surface area contributed by atoms with Gasteiger partial charge in [-0.25, -0.2) is 0 Å². The lowest BCUT2D eigenvalue weighted by Crippen LogP contribution is -2.49. The first-order valence-electron chi connectivity index (χ1n) is 7.88. The normalized spacial score (nSPS) is 38.8. The van der Waals surface area contributed by atoms with Crippen LogP contribution in [-0.4, -0.2) is 48.8 Å². The molecule has 0 radical (unpaired) electrons. The summed E-state index contributed by atoms with van der Waals surface area (Å²) in [6, 6.07) is 0.717. The maximum Gasteiger partial charge on any atom is 0.0499 e. The second kappa shape index (κ2) is 5.48. The lowest BCUT2D eigenvalue weighted by atomic mass is 9.74. The summed E-state index contributed by atoms with van der Waals surface area (Å²) in [5.41, 5.74) is 0.202. The van der Waals surface area contributed by atoms with Gasteiger partial charge in [-0.2, -0.15) is 0 Å². The van der Waals surface area contributed by atoms with Gasteiger partial charge in [0.05, 0.1) is 0 Å². The van der Waals surface area contributed by atoms with Crippen molar-refractivity contribution in [2.45, 2.75) is 51.0 Å². The summed E-state index contributed by atoms with van der Waals surface area (Å²) < 4.78 is 0. The fraction of sp³-hybridized carbons (Fsp3) is 1.00. The van der Waals surface area contributed by atoms with Gasteiger partial charge in [0.1, 0.15) is 0 Å². The number of aliphatic hydroxyl groups excluding tert-OH is 1. The molecule has 1 aliphatic carbocycles. The summed E-state index contributed by atoms with van der Waals surface area (Å²) in [4.78, 5) is 2.60. The van der Waals surface area contributed by atoms with Gasteiger partial charge in [0.25, 0.3) is 0 Å². The van der Waals surface area contributed by atoms with Gasteiger partial charge in [-0.05, 0) is 44.7 Å². The Kier molecular flexibility index (Phi) is 3.92. The third-order valence-corrected chi connectivity index (χ3v) is 5.62. The van der Waals surface area contributed by atoms with Crippen molar-refractivity contribution < 1.29 is 5.11 Å². The van der Waals surface area contributed by atoms with E-state index >= 15 is 0 Å². The summed E-state index contributed by atoms with van der Waals surface area (Å²) >= 11 is 0. The Hall–Kier alpha value is -0.120. The van der Waals surface area contributed by atoms with E-state index in [0.717, 1.165) is 12.5 Å². The number of hydrogen-bond donors (Lipinski definition) is 2. The molecule has 0 amide bonds. The Bertz CT molecular complexity index is 276. The Morgan fingerprint density at radius 3 is 2.67 bits per heavy atom. The zero-order valence-corrected chi connectivity index (χ0v) is 11.5. The second-order valence-corrected chi connectivity index (χ2v) is 6.84. The molecule has 3 heteroatoms. The lowest BCUT2D eigenvalue weighted by Gasteiger charge is -2.39. The van der Waals surface area contributed by atoms with Crippen LogP contribution in [0.2, 0.25) is 0 Å². The van der Waals surface area contributed by atoms with E-state index in [0.29, 0.717) is 12.6 Å². The average molecular weight is 252 g/mol. The maximum atomic E-state index is 9.75. The number of nitrogens with one attached hydrogen (secondary N) is 1. The molecule has 2 saturated heterocycles. The van der Waals surface area contributed by atoms with Gasteiger partial charge in [-0.15, -0.1) is 0 Å². The monoisotopic (exact) mass is 252 g/mol. The first-order chi connectivity index (χ1) is 8.81. The van der Waals surface area contributed by atoms with Crippen molar-refractivity contribution in [3.05, 3.63) is 0 Å². The predicted octanol–water partition coefficient (Wildman–Crippen LogP) is 1.61. The van der Waals surface area contributed by atoms with Crippen LogP contribution in [-0.2, 0) is 0 Å². The van der Waals surface area contributed by atoms with Crippen LogP contribution in [0.15, 0.2) is 0 Å². The molecule has 1 saturated carbocycles. The summed E-state index contributed by atoms with van der Waals surface area (Å²) in [5, 5.41) is 13.6. The third-order valence-electron chi connectivity index (χ3n) is 5.62. The van der Waals surface area contributed by atoms with Crippen molar-refractivity contribution in [1.29, 1.82) is 0 Å². The van der Waals surface area contributed by atoms with Crippen LogP contribution in [0, 0.1) is 11.3 Å². The van der Waals surface area contributed by atoms with Crippen LogP contribution in [0.25, 0.3) is 0 Å². The molecule has 3 nitrogen and oxygen atoms in total. The Balaban J connectivity index is 1.53. The van der Waals surface area contributed by atoms with Gasteiger partial charge in [-0.1, -0.05) is 19.3 Å². The van der Waals surface area contributed by atoms with E-state index in [9.17, 15) is 5.11 Å². The minimum atomic E-state index is 0.202. The van der Waals surface area contributed by atoms with Crippen molar-refractivity contribution >= 4 is 0 Å². The minimum absolute atomic E-state index is 0.202. The highest BCUT2D eigenvalue weighted by molar-refractivity contribution is 4.93. The van der Waals surface area contributed by atoms with E-state index in [1.54, 1.807) is 0 Å². The van der Waals surface area contributed by atoms with Gasteiger partial charge in [0.15, 0.2) is 0 Å². The average Bonchev–Trinajstić information content (AvgIpc) is 2.81. The maximum absolute atomic E-state index is 9.75. The molecule has 3 unspecified atom stereocenters. The van der Waals surface area contributed by atoms with Gasteiger partial charge in [0.2, 0.25) is 0 Å². The van der Waals surface area contributed by atoms with Crippen LogP contribution < -0.4 is 5.32 Å². The summed E-state index contributed by atoms with van der Waals surface area (Å²) in [6.07, 6.45) is 9.12. The van der Waals surface area contributed by atoms with Gasteiger partial charge >= 0.3 is 0 Å². The Morgan fingerprint density at radius 2 is 1.89 bits per heavy atom. The number of fused-ring (bicyclic) bond motifs is 2. The number of rotatable bonds is 4. The summed E-state index contributed by atoms with van der Waals surface area (Å²) in [6.45, 7) is 5.33. The van der Waals surface area contributed by atoms with Crippen LogP contribution in [0.3, 0.4) is 0 Å². The first kappa shape index (κ1) is 12.9. The highest BCUT2D eigenvalue weighted by Gasteiger charge is 2.37. The van der Waals surface area contributed by atoms with Crippen molar-refractivity contribution in [2.75, 3.05) is 32.8 Å². The fourth-order valence-corrected chi connectivity index (χ4v) is 4.26. The van der Waals surface area contributed by atoms with Crippen LogP contribution in [0.4, 0.5) is 0 Å². The predicted molar refractivity (Wildman–Crippen MR) is 73.6 cm³/mol. The summed E-state index contributed by atoms with van der Waals surface area (Å²) in [5.74, 6) is 0.873. The molecule has 2 bridgehead atoms. The van der Waals surface area contributed by atoms with Crippen molar-refractivity contribution in [3.8, 4) is 0 Å². The SMILES string of the molecule is OCC1(CNC2CCN3CCC2C3)CCCCC1. The van der Waals surface area contributed by atoms with E-state index in [-0.39, 0.29) is 5.41 Å². The third kappa shape index (κ3) is 2.59. The lowest BCUT2D eigenvalue weighted by molar-refractivity contribution is 0.0726. The molecular weight excluding hydrogens is 224 g/mol. The van der Waals surface area contributed by atoms with Gasteiger partial charge in [-0.3, -0.25) is 0 Å². The molecule has 2 aliphatic heterocycles. The standard InChI is InChI=1S/C15H28N2O/c18-12-15(6-2-1-3-7-15)11-16-14-5-9-17-8-4-13(14)10-17/h13-14,16,18H,1-12H2. The smallest absolute Gasteiger partial charge is 0.0499 e. The fourth-order valence-electron chi connectivity index (χ4n) is 4.26. The van der Waals surface area contributed by atoms with E-state index in [4.69, 9.17) is 0 Å². The second-order valence-electron chi connectivity index (χ2n) is 6.84. The largest absolute Gasteiger partial charge is 0.396 e. The summed E-state index contributed by atoms with van der Waals surface area (Å²) in [7, 11) is 0. The highest BCUT2D eigenvalue weighted by atomic mass is 16.3. The van der Waals surface area contributed by atoms with E-state index in [1.165, 1.54) is 64.6 Å². The molecular formula is C15H28N2O. The van der Waals surface area contributed by atoms with Crippen molar-refractivity contribution in [3.63, 3.8) is 0 Å². The zero-order valence-electron chi connectivity index (χ0n) is 11.5. The van der Waals surface area contributed by atoms with Crippen molar-refractivity contribution in [2.24, 2.45) is 11.3 Å². The Morgan fingerprint density at radius 1 is 1.11 bits per heavy atom. The van der Waals surface area contributed by atoms with Crippen LogP contribution in [0.5, 0.6) is 0 Å². The van der Waals surface area contributed by atoms with Crippen LogP contribution in [0.1, 0.15) is 44.9 Å². The topological polar surface area (TPSA) is 35.5 Å². The molecule has 2 N–H and O–H groups in total. The van der Waals surface area contributed by atoms with E-state index in [2.05, 4.69) is 10.2 Å². The quantitative estimate of drug-likeness (QED) is 0.798. The number of aliphatic hydroxyl groups is 1. The molecule has 2 heterocycles. The Labute approximate surface area is 111 Å². The molecule has 3 fully saturated rings. The molecule has 18 heavy (non-hydrogen) atoms. The van der Waals surface area contributed by atoms with Gasteiger partial charge in [0, 0.05) is 31.2 Å². The van der Waals surface area contributed by atoms with E-state index in [1.807, 2.05) is 0 Å². The highest BCUT2D eigenvalue weighted by Crippen LogP contribution is 2.36. The number of piperidine rings is 1. The molecule has 3 rings (SSSR count). The molecule has 3 atom stereocenters. The number of nitrogens with zero attached hydrogens (tertiary/aromatic N) is 1. The molecule has 0 aromatic rings. The molecule has 0 aromatic heterocycles. The van der Waals surface area contributed by atoms with Crippen molar-refractivity contribution in [1.82, 2.24) is 10.2 Å². The van der Waals surface area contributed by atoms with Crippen LogP contribution >= 0.6 is 0 Å². The van der Waals surface area contributed by atoms with E-state index < -0.39 is 0 Å². The van der Waals surface area contributed by atoms with Gasteiger partial charge < -0.3 is 15.3 Å². The molecule has 0 aromatic carbocycles. The molecule has 104 valence electrons. The zero-order chi connectivity index (χ0) is 12.4. The number of hydrogen-bond acceptors (Lipinski definition) is 3. The first-order valence-corrected chi connectivity index (χ1v) is 7.88.